The van der Waals surface area contributed by atoms with E-state index in [-0.39, 0.29) is 0 Å². The van der Waals surface area contributed by atoms with Gasteiger partial charge in [0.1, 0.15) is 33.4 Å². The molecule has 0 amide bonds. The van der Waals surface area contributed by atoms with Crippen molar-refractivity contribution in [3.8, 4) is 76.8 Å². The quantitative estimate of drug-likeness (QED) is 0.0356. The first-order valence-electron chi connectivity index (χ1n) is 40.4. The fourth-order valence-corrected chi connectivity index (χ4v) is 22.3. The van der Waals surface area contributed by atoms with Crippen LogP contribution >= 0.6 is 68.0 Å². The molecule has 0 fully saturated rings. The molecule has 10 aromatic rings. The lowest BCUT2D eigenvalue weighted by molar-refractivity contribution is 0.0386. The third-order valence-corrected chi connectivity index (χ3v) is 29.6. The highest BCUT2D eigenvalue weighted by molar-refractivity contribution is 7.29. The van der Waals surface area contributed by atoms with Crippen LogP contribution in [0.25, 0.3) is 93.1 Å². The molecular formula is C90H120N4OS6. The average Bonchev–Trinajstić information content (AvgIpc) is 1.17. The van der Waals surface area contributed by atoms with Gasteiger partial charge in [0.15, 0.2) is 0 Å². The molecule has 4 atom stereocenters. The molecular weight excluding hydrogens is 1350 g/mol. The second kappa shape index (κ2) is 38.4. The summed E-state index contributed by atoms with van der Waals surface area (Å²) in [6.07, 6.45) is 40.8. The van der Waals surface area contributed by atoms with Crippen LogP contribution in [0.5, 0.6) is 5.75 Å². The summed E-state index contributed by atoms with van der Waals surface area (Å²) >= 11 is 11.4. The predicted octanol–water partition coefficient (Wildman–Crippen LogP) is 31.0. The Morgan fingerprint density at radius 3 is 1.13 bits per heavy atom. The highest BCUT2D eigenvalue weighted by Gasteiger charge is 2.41. The minimum atomic E-state index is -0.459. The molecule has 0 spiro atoms. The van der Waals surface area contributed by atoms with Crippen molar-refractivity contribution in [1.82, 2.24) is 19.9 Å². The Bertz CT molecular complexity index is 4160. The highest BCUT2D eigenvalue weighted by atomic mass is 32.1. The largest absolute Gasteiger partial charge is 0.482 e. The Labute approximate surface area is 633 Å². The Balaban J connectivity index is 0.993. The minimum Gasteiger partial charge on any atom is -0.482 e. The number of nitrogens with zero attached hydrogens (tertiary/aromatic N) is 4. The van der Waals surface area contributed by atoms with Crippen LogP contribution in [0.1, 0.15) is 295 Å². The van der Waals surface area contributed by atoms with Gasteiger partial charge in [-0.1, -0.05) is 260 Å². The normalized spacial score (nSPS) is 14.0. The molecule has 1 aliphatic rings. The molecule has 4 unspecified atom stereocenters. The van der Waals surface area contributed by atoms with Crippen LogP contribution in [0.3, 0.4) is 0 Å². The van der Waals surface area contributed by atoms with Crippen molar-refractivity contribution in [2.24, 2.45) is 23.7 Å². The molecule has 0 saturated carbocycles. The summed E-state index contributed by atoms with van der Waals surface area (Å²) in [5.74, 6) is 3.48. The molecule has 0 saturated heterocycles. The van der Waals surface area contributed by atoms with Crippen LogP contribution in [0.15, 0.2) is 90.3 Å². The summed E-state index contributed by atoms with van der Waals surface area (Å²) in [4.78, 5) is 37.5. The number of hydrogen-bond donors (Lipinski definition) is 0. The number of fused-ring (bicyclic) bond motifs is 5. The van der Waals surface area contributed by atoms with E-state index in [1.165, 1.54) is 271 Å². The van der Waals surface area contributed by atoms with Gasteiger partial charge in [0, 0.05) is 45.3 Å². The molecule has 9 heterocycles. The van der Waals surface area contributed by atoms with E-state index in [4.69, 9.17) is 24.7 Å². The number of benzene rings is 2. The molecule has 8 aromatic heterocycles. The maximum Gasteiger partial charge on any atom is 0.135 e. The number of unbranched alkanes of at least 4 members (excludes halogenated alkanes) is 14. The van der Waals surface area contributed by atoms with Gasteiger partial charge in [-0.15, -0.1) is 68.0 Å². The lowest BCUT2D eigenvalue weighted by atomic mass is 9.76. The zero-order valence-corrected chi connectivity index (χ0v) is 68.6. The smallest absolute Gasteiger partial charge is 0.135 e. The first kappa shape index (κ1) is 77.2. The molecule has 11 rings (SSSR count). The Kier molecular flexibility index (Phi) is 29.4. The molecule has 1 aliphatic heterocycles. The van der Waals surface area contributed by atoms with E-state index >= 15 is 0 Å². The maximum absolute atomic E-state index is 7.97. The Morgan fingerprint density at radius 1 is 0.356 bits per heavy atom. The highest BCUT2D eigenvalue weighted by Crippen LogP contribution is 2.55. The molecule has 101 heavy (non-hydrogen) atoms. The van der Waals surface area contributed by atoms with Gasteiger partial charge in [-0.05, 0) is 165 Å². The van der Waals surface area contributed by atoms with E-state index in [1.54, 1.807) is 0 Å². The number of thiophene rings is 6. The van der Waals surface area contributed by atoms with Crippen LogP contribution in [0.4, 0.5) is 0 Å². The van der Waals surface area contributed by atoms with E-state index in [2.05, 4.69) is 166 Å². The lowest BCUT2D eigenvalue weighted by Gasteiger charge is -2.41. The van der Waals surface area contributed by atoms with E-state index in [1.807, 2.05) is 68.0 Å². The third-order valence-electron chi connectivity index (χ3n) is 22.4. The first-order chi connectivity index (χ1) is 49.5. The Morgan fingerprint density at radius 2 is 0.733 bits per heavy atom. The van der Waals surface area contributed by atoms with Gasteiger partial charge in [-0.25, -0.2) is 19.9 Å². The monoisotopic (exact) mass is 1460 g/mol. The van der Waals surface area contributed by atoms with Crippen LogP contribution in [-0.4, -0.2) is 19.9 Å². The maximum atomic E-state index is 7.97. The van der Waals surface area contributed by atoms with Gasteiger partial charge in [0.05, 0.1) is 42.3 Å². The summed E-state index contributed by atoms with van der Waals surface area (Å²) in [6, 6.07) is 33.3. The molecule has 542 valence electrons. The average molecular weight is 1470 g/mol. The van der Waals surface area contributed by atoms with Gasteiger partial charge in [-0.2, -0.15) is 0 Å². The van der Waals surface area contributed by atoms with Gasteiger partial charge < -0.3 is 4.74 Å². The van der Waals surface area contributed by atoms with Crippen LogP contribution < -0.4 is 4.74 Å². The van der Waals surface area contributed by atoms with Crippen LogP contribution in [0.2, 0.25) is 0 Å². The molecule has 2 aromatic carbocycles. The summed E-state index contributed by atoms with van der Waals surface area (Å²) in [5.41, 5.74) is 15.3. The molecule has 0 bridgehead atoms. The topological polar surface area (TPSA) is 60.8 Å². The summed E-state index contributed by atoms with van der Waals surface area (Å²) in [7, 11) is 0. The first-order valence-corrected chi connectivity index (χ1v) is 45.4. The summed E-state index contributed by atoms with van der Waals surface area (Å²) in [5, 5.41) is 2.22. The molecule has 0 radical (unpaired) electrons. The summed E-state index contributed by atoms with van der Waals surface area (Å²) < 4.78 is 7.97. The number of ether oxygens (including phenoxy) is 1. The van der Waals surface area contributed by atoms with Crippen molar-refractivity contribution in [1.29, 1.82) is 0 Å². The zero-order valence-electron chi connectivity index (χ0n) is 63.7. The van der Waals surface area contributed by atoms with E-state index in [9.17, 15) is 0 Å². The van der Waals surface area contributed by atoms with Crippen molar-refractivity contribution in [2.75, 3.05) is 0 Å². The summed E-state index contributed by atoms with van der Waals surface area (Å²) in [6.45, 7) is 25.8. The molecule has 5 nitrogen and oxygen atoms in total. The predicted molar refractivity (Wildman–Crippen MR) is 449 cm³/mol. The number of rotatable bonds is 44. The molecule has 0 N–H and O–H groups in total. The third kappa shape index (κ3) is 19.0. The number of hydrogen-bond acceptors (Lipinski definition) is 11. The van der Waals surface area contributed by atoms with E-state index in [0.717, 1.165) is 79.2 Å². The number of aromatic nitrogens is 4. The lowest BCUT2D eigenvalue weighted by Crippen LogP contribution is -2.36. The Hall–Kier alpha value is -4.88. The standard InChI is InChI=1S/C90H120N4OS6/c1-12-22-28-30-32-34-52-90(53-35-33-31-29-23-13-2)70-59-66(76-48-50-80(98-76)88-83-82(86(100-88)78-41-36-54-96-78)91-71(55-62(18-7)37-24-14-3)72(92-83)56-63(19-8)38-25-15-4)43-45-68(70)69-46-44-67(60-75(69)95-90)77-49-51-81(99-77)89-85-84(87(101-89)79-47-42-61(11)97-79)93-73(57-64(20-9)39-26-16-5)74(94-85)58-65(21-10)40-27-17-6/h36,41-51,54,59-60,62-65H,12-35,37-40,52-53,55-58H2,1-11H3. The van der Waals surface area contributed by atoms with Gasteiger partial charge in [0.2, 0.25) is 0 Å². The van der Waals surface area contributed by atoms with Crippen molar-refractivity contribution >= 4 is 90.1 Å². The van der Waals surface area contributed by atoms with Crippen molar-refractivity contribution in [2.45, 2.75) is 300 Å². The van der Waals surface area contributed by atoms with Crippen molar-refractivity contribution in [3.63, 3.8) is 0 Å². The second-order valence-electron chi connectivity index (χ2n) is 30.0. The fourth-order valence-electron chi connectivity index (χ4n) is 15.9. The van der Waals surface area contributed by atoms with E-state index in [0.29, 0.717) is 23.7 Å². The fraction of sp³-hybridized carbons (Fsp3) is 0.556. The zero-order chi connectivity index (χ0) is 70.7. The van der Waals surface area contributed by atoms with E-state index < -0.39 is 5.60 Å². The SMILES string of the molecule is CCCCCCCCC1(CCCCCCCC)Oc2cc(-c3ccc(-c4sc(-c5ccc(C)s5)c5nc(CC(CC)CCCC)c(CC(CC)CCCC)nc45)s3)ccc2-c2ccc(-c3ccc(-c4sc(-c5cccs5)c5nc(CC(CC)CCCC)c(CC(CC)CCCC)nc45)s3)cc21. The van der Waals surface area contributed by atoms with Gasteiger partial charge >= 0.3 is 0 Å². The number of aryl methyl sites for hydroxylation is 1. The minimum absolute atomic E-state index is 0.459. The van der Waals surface area contributed by atoms with Crippen LogP contribution in [-0.2, 0) is 31.3 Å². The van der Waals surface area contributed by atoms with Gasteiger partial charge in [0.25, 0.3) is 0 Å². The van der Waals surface area contributed by atoms with Crippen molar-refractivity contribution in [3.05, 3.63) is 124 Å². The van der Waals surface area contributed by atoms with Crippen molar-refractivity contribution < 1.29 is 4.74 Å². The molecule has 0 aliphatic carbocycles. The van der Waals surface area contributed by atoms with Gasteiger partial charge in [-0.3, -0.25) is 0 Å². The van der Waals surface area contributed by atoms with Crippen LogP contribution in [0, 0.1) is 30.6 Å². The molecule has 11 heteroatoms. The second-order valence-corrected chi connectivity index (χ2v) is 36.4.